The number of hydrogen-bond acceptors (Lipinski definition) is 10. The topological polar surface area (TPSA) is 146 Å². The van der Waals surface area contributed by atoms with E-state index in [-0.39, 0.29) is 37.2 Å². The highest BCUT2D eigenvalue weighted by Gasteiger charge is 2.20. The molecular weight excluding hydrogens is 450 g/mol. The minimum absolute atomic E-state index is 0.0481. The molecule has 0 radical (unpaired) electrons. The highest BCUT2D eigenvalue weighted by Crippen LogP contribution is 2.34. The number of aryl methyl sites for hydroxylation is 1. The van der Waals surface area contributed by atoms with Crippen LogP contribution in [-0.2, 0) is 13.1 Å². The second-order valence-corrected chi connectivity index (χ2v) is 8.38. The Labute approximate surface area is 190 Å². The molecule has 1 amide bonds. The number of amides is 1. The van der Waals surface area contributed by atoms with Crippen molar-refractivity contribution in [3.8, 4) is 11.5 Å². The number of aliphatic hydroxyl groups is 1. The number of ether oxygens (including phenoxy) is 2. The van der Waals surface area contributed by atoms with E-state index in [0.29, 0.717) is 37.7 Å². The van der Waals surface area contributed by atoms with Gasteiger partial charge in [0.05, 0.1) is 29.7 Å². The quantitative estimate of drug-likeness (QED) is 0.415. The molecule has 1 aliphatic heterocycles. The molecule has 0 unspecified atom stereocenters. The Morgan fingerprint density at radius 1 is 1.33 bits per heavy atom. The highest BCUT2D eigenvalue weighted by atomic mass is 32.1. The Hall–Kier alpha value is -3.84. The maximum atomic E-state index is 13.0. The summed E-state index contributed by atoms with van der Waals surface area (Å²) in [7, 11) is 1.54. The van der Waals surface area contributed by atoms with E-state index in [1.54, 1.807) is 25.1 Å². The van der Waals surface area contributed by atoms with Crippen molar-refractivity contribution in [1.82, 2.24) is 35.1 Å². The summed E-state index contributed by atoms with van der Waals surface area (Å²) in [6.45, 7) is 1.99. The van der Waals surface area contributed by atoms with Crippen molar-refractivity contribution in [2.45, 2.75) is 26.1 Å². The lowest BCUT2D eigenvalue weighted by Gasteiger charge is -2.10. The van der Waals surface area contributed by atoms with Crippen molar-refractivity contribution in [3.63, 3.8) is 0 Å². The molecule has 1 atom stereocenters. The van der Waals surface area contributed by atoms with Crippen LogP contribution in [0.3, 0.4) is 0 Å². The van der Waals surface area contributed by atoms with Crippen LogP contribution in [0.15, 0.2) is 29.3 Å². The number of nitrogens with zero attached hydrogens (tertiary/aromatic N) is 6. The number of rotatable bonds is 6. The van der Waals surface area contributed by atoms with Crippen molar-refractivity contribution < 1.29 is 19.4 Å². The predicted octanol–water partition coefficient (Wildman–Crippen LogP) is 0.623. The Morgan fingerprint density at radius 2 is 2.15 bits per heavy atom. The Bertz CT molecular complexity index is 1430. The van der Waals surface area contributed by atoms with E-state index < -0.39 is 6.10 Å². The van der Waals surface area contributed by atoms with Gasteiger partial charge in [0.1, 0.15) is 10.9 Å². The summed E-state index contributed by atoms with van der Waals surface area (Å²) in [6.07, 6.45) is 0.509. The second-order valence-electron chi connectivity index (χ2n) is 7.38. The van der Waals surface area contributed by atoms with Gasteiger partial charge in [0, 0.05) is 7.05 Å². The van der Waals surface area contributed by atoms with Gasteiger partial charge >= 0.3 is 0 Å². The number of tetrazole rings is 1. The van der Waals surface area contributed by atoms with Crippen molar-refractivity contribution in [1.29, 1.82) is 0 Å². The molecule has 33 heavy (non-hydrogen) atoms. The molecule has 4 heterocycles. The van der Waals surface area contributed by atoms with Crippen molar-refractivity contribution >= 4 is 27.5 Å². The molecule has 0 saturated carbocycles. The molecule has 5 rings (SSSR count). The monoisotopic (exact) mass is 469 g/mol. The van der Waals surface area contributed by atoms with Crippen LogP contribution in [0, 0.1) is 6.92 Å². The van der Waals surface area contributed by atoms with Crippen molar-refractivity contribution in [2.24, 2.45) is 0 Å². The molecule has 0 bridgehead atoms. The van der Waals surface area contributed by atoms with E-state index in [2.05, 4.69) is 25.7 Å². The molecule has 1 aliphatic rings. The lowest BCUT2D eigenvalue weighted by atomic mass is 10.1. The van der Waals surface area contributed by atoms with Crippen LogP contribution >= 0.6 is 11.3 Å². The number of benzene rings is 1. The first-order valence-corrected chi connectivity index (χ1v) is 10.8. The van der Waals surface area contributed by atoms with E-state index >= 15 is 0 Å². The highest BCUT2D eigenvalue weighted by molar-refractivity contribution is 7.20. The van der Waals surface area contributed by atoms with Crippen LogP contribution in [0.5, 0.6) is 11.5 Å². The maximum absolute atomic E-state index is 13.0. The first kappa shape index (κ1) is 21.0. The Morgan fingerprint density at radius 3 is 2.97 bits per heavy atom. The average molecular weight is 469 g/mol. The molecule has 0 aliphatic carbocycles. The number of aliphatic hydroxyl groups excluding tert-OH is 1. The van der Waals surface area contributed by atoms with Crippen LogP contribution in [0.2, 0.25) is 0 Å². The SMILES string of the molecule is CNC(=O)c1sc2ncn(Cc3nnn(C[C@H](O)c4ccc5c(c4)OCO5)n3)c(=O)c2c1C. The number of fused-ring (bicyclic) bond motifs is 2. The van der Waals surface area contributed by atoms with Crippen molar-refractivity contribution in [2.75, 3.05) is 13.8 Å². The summed E-state index contributed by atoms with van der Waals surface area (Å²) in [4.78, 5) is 31.6. The fourth-order valence-corrected chi connectivity index (χ4v) is 4.64. The summed E-state index contributed by atoms with van der Waals surface area (Å²) < 4.78 is 12.0. The van der Waals surface area contributed by atoms with E-state index in [1.807, 2.05) is 0 Å². The zero-order valence-electron chi connectivity index (χ0n) is 17.7. The molecule has 1 aromatic carbocycles. The number of hydrogen-bond donors (Lipinski definition) is 2. The minimum atomic E-state index is -0.890. The first-order valence-electron chi connectivity index (χ1n) is 9.99. The molecule has 12 nitrogen and oxygen atoms in total. The van der Waals surface area contributed by atoms with Crippen LogP contribution in [0.25, 0.3) is 10.2 Å². The van der Waals surface area contributed by atoms with E-state index in [1.165, 1.54) is 34.1 Å². The summed E-state index contributed by atoms with van der Waals surface area (Å²) in [5.74, 6) is 1.23. The minimum Gasteiger partial charge on any atom is -0.454 e. The summed E-state index contributed by atoms with van der Waals surface area (Å²) in [6, 6.07) is 5.19. The second kappa shape index (κ2) is 8.26. The third-order valence-corrected chi connectivity index (χ3v) is 6.47. The average Bonchev–Trinajstić information content (AvgIpc) is 3.54. The molecule has 0 fully saturated rings. The van der Waals surface area contributed by atoms with E-state index in [9.17, 15) is 14.7 Å². The van der Waals surface area contributed by atoms with Gasteiger partial charge in [0.2, 0.25) is 6.79 Å². The number of aromatic nitrogens is 6. The number of nitrogens with one attached hydrogen (secondary N) is 1. The molecule has 0 saturated heterocycles. The first-order chi connectivity index (χ1) is 15.9. The van der Waals surface area contributed by atoms with E-state index in [4.69, 9.17) is 9.47 Å². The lowest BCUT2D eigenvalue weighted by molar-refractivity contribution is 0.0966. The van der Waals surface area contributed by atoms with Crippen LogP contribution in [-0.4, -0.2) is 54.6 Å². The normalized spacial score (nSPS) is 13.4. The molecule has 0 spiro atoms. The fraction of sp³-hybridized carbons (Fsp3) is 0.300. The molecule has 170 valence electrons. The van der Waals surface area contributed by atoms with Gasteiger partial charge in [-0.3, -0.25) is 14.2 Å². The molecule has 4 aromatic rings. The molecule has 2 N–H and O–H groups in total. The Kier molecular flexibility index (Phi) is 5.26. The fourth-order valence-electron chi connectivity index (χ4n) is 3.55. The molecular formula is C20H19N7O5S. The van der Waals surface area contributed by atoms with Gasteiger partial charge in [-0.1, -0.05) is 6.07 Å². The largest absolute Gasteiger partial charge is 0.454 e. The number of carbonyl (C=O) groups excluding carboxylic acids is 1. The zero-order valence-corrected chi connectivity index (χ0v) is 18.5. The van der Waals surface area contributed by atoms with Crippen LogP contribution in [0.4, 0.5) is 0 Å². The molecule has 13 heteroatoms. The van der Waals surface area contributed by atoms with Gasteiger partial charge in [0.25, 0.3) is 11.5 Å². The van der Waals surface area contributed by atoms with Gasteiger partial charge in [-0.25, -0.2) is 4.98 Å². The van der Waals surface area contributed by atoms with Gasteiger partial charge < -0.3 is 19.9 Å². The zero-order chi connectivity index (χ0) is 23.1. The third kappa shape index (κ3) is 3.81. The van der Waals surface area contributed by atoms with Gasteiger partial charge in [0.15, 0.2) is 17.3 Å². The summed E-state index contributed by atoms with van der Waals surface area (Å²) in [5, 5.41) is 25.7. The van der Waals surface area contributed by atoms with Gasteiger partial charge in [-0.05, 0) is 35.4 Å². The third-order valence-electron chi connectivity index (χ3n) is 5.27. The van der Waals surface area contributed by atoms with Crippen LogP contribution in [0.1, 0.15) is 32.7 Å². The summed E-state index contributed by atoms with van der Waals surface area (Å²) >= 11 is 1.17. The maximum Gasteiger partial charge on any atom is 0.262 e. The molecule has 3 aromatic heterocycles. The van der Waals surface area contributed by atoms with Crippen molar-refractivity contribution in [3.05, 3.63) is 56.7 Å². The number of thiophene rings is 1. The van der Waals surface area contributed by atoms with Crippen LogP contribution < -0.4 is 20.3 Å². The van der Waals surface area contributed by atoms with Gasteiger partial charge in [-0.2, -0.15) is 4.80 Å². The van der Waals surface area contributed by atoms with E-state index in [0.717, 1.165) is 0 Å². The standard InChI is InChI=1S/C20H19N7O5S/c1-10-16-19(33-17(10)18(29)21-2)22-8-26(20(16)30)7-15-23-25-27(24-15)6-12(28)11-3-4-13-14(5-11)32-9-31-13/h3-5,8,12,28H,6-7,9H2,1-2H3,(H,21,29)/t12-/m0/s1. The Balaban J connectivity index is 1.34. The van der Waals surface area contributed by atoms with Gasteiger partial charge in [-0.15, -0.1) is 21.5 Å². The number of carbonyl (C=O) groups is 1. The summed E-state index contributed by atoms with van der Waals surface area (Å²) in [5.41, 5.74) is 0.925. The predicted molar refractivity (Wildman–Crippen MR) is 116 cm³/mol. The lowest BCUT2D eigenvalue weighted by Crippen LogP contribution is -2.22. The smallest absolute Gasteiger partial charge is 0.262 e.